The van der Waals surface area contributed by atoms with Crippen LogP contribution in [0.15, 0.2) is 15.9 Å². The second-order valence-electron chi connectivity index (χ2n) is 4.85. The van der Waals surface area contributed by atoms with Crippen LogP contribution in [0.3, 0.4) is 0 Å². The van der Waals surface area contributed by atoms with Crippen LogP contribution < -0.4 is 5.73 Å². The van der Waals surface area contributed by atoms with Crippen molar-refractivity contribution in [2.24, 2.45) is 23.5 Å². The van der Waals surface area contributed by atoms with E-state index in [1.54, 1.807) is 11.3 Å². The number of nitrogens with two attached hydrogens (primary N) is 1. The minimum absolute atomic E-state index is 0.285. The summed E-state index contributed by atoms with van der Waals surface area (Å²) in [6, 6.07) is 2.40. The highest BCUT2D eigenvalue weighted by molar-refractivity contribution is 9.10. The highest BCUT2D eigenvalue weighted by atomic mass is 79.9. The van der Waals surface area contributed by atoms with Gasteiger partial charge in [0.05, 0.1) is 0 Å². The molecular formula is C12H16BrNS. The van der Waals surface area contributed by atoms with E-state index in [-0.39, 0.29) is 6.04 Å². The number of fused-ring (bicyclic) bond motifs is 1. The summed E-state index contributed by atoms with van der Waals surface area (Å²) in [4.78, 5) is 1.36. The van der Waals surface area contributed by atoms with E-state index in [4.69, 9.17) is 5.73 Å². The zero-order valence-corrected chi connectivity index (χ0v) is 11.1. The van der Waals surface area contributed by atoms with Gasteiger partial charge in [-0.05, 0) is 58.0 Å². The first kappa shape index (κ1) is 10.3. The van der Waals surface area contributed by atoms with Crippen molar-refractivity contribution in [1.82, 2.24) is 0 Å². The molecule has 82 valence electrons. The smallest absolute Gasteiger partial charge is 0.0435 e. The van der Waals surface area contributed by atoms with Crippen LogP contribution in [0.1, 0.15) is 36.6 Å². The predicted octanol–water partition coefficient (Wildman–Crippen LogP) is 3.95. The van der Waals surface area contributed by atoms with E-state index in [1.165, 1.54) is 35.0 Å². The molecule has 2 aliphatic rings. The van der Waals surface area contributed by atoms with Crippen LogP contribution in [0.25, 0.3) is 0 Å². The Morgan fingerprint density at radius 3 is 2.53 bits per heavy atom. The maximum Gasteiger partial charge on any atom is 0.0435 e. The molecule has 0 aliphatic heterocycles. The monoisotopic (exact) mass is 285 g/mol. The van der Waals surface area contributed by atoms with Crippen LogP contribution >= 0.6 is 27.3 Å². The quantitative estimate of drug-likeness (QED) is 0.875. The van der Waals surface area contributed by atoms with E-state index in [0.717, 1.165) is 17.8 Å². The third-order valence-electron chi connectivity index (χ3n) is 4.08. The molecule has 2 saturated carbocycles. The van der Waals surface area contributed by atoms with Gasteiger partial charge >= 0.3 is 0 Å². The molecular weight excluding hydrogens is 270 g/mol. The van der Waals surface area contributed by atoms with Gasteiger partial charge in [-0.25, -0.2) is 0 Å². The van der Waals surface area contributed by atoms with E-state index >= 15 is 0 Å². The third-order valence-corrected chi connectivity index (χ3v) is 6.06. The molecule has 3 heteroatoms. The standard InChI is InChI=1S/C12H16BrNS/c13-9-5-6-15-12(9)11(14)10-7-3-1-2-4-8(7)10/h5-8,10-11H,1-4,14H2. The van der Waals surface area contributed by atoms with E-state index < -0.39 is 0 Å². The fourth-order valence-electron chi connectivity index (χ4n) is 3.30. The average Bonchev–Trinajstić information content (AvgIpc) is 2.83. The van der Waals surface area contributed by atoms with Gasteiger partial charge in [0.1, 0.15) is 0 Å². The topological polar surface area (TPSA) is 26.0 Å². The number of halogens is 1. The second-order valence-corrected chi connectivity index (χ2v) is 6.65. The van der Waals surface area contributed by atoms with Crippen molar-refractivity contribution >= 4 is 27.3 Å². The molecule has 3 atom stereocenters. The summed E-state index contributed by atoms with van der Waals surface area (Å²) in [7, 11) is 0. The van der Waals surface area contributed by atoms with Gasteiger partial charge in [0.2, 0.25) is 0 Å². The van der Waals surface area contributed by atoms with Gasteiger partial charge in [0, 0.05) is 15.4 Å². The lowest BCUT2D eigenvalue weighted by molar-refractivity contribution is 0.480. The lowest BCUT2D eigenvalue weighted by Gasteiger charge is -2.09. The van der Waals surface area contributed by atoms with Crippen molar-refractivity contribution in [3.8, 4) is 0 Å². The minimum Gasteiger partial charge on any atom is -0.323 e. The summed E-state index contributed by atoms with van der Waals surface area (Å²) < 4.78 is 1.21. The van der Waals surface area contributed by atoms with Gasteiger partial charge in [0.25, 0.3) is 0 Å². The van der Waals surface area contributed by atoms with Gasteiger partial charge < -0.3 is 5.73 Å². The summed E-state index contributed by atoms with van der Waals surface area (Å²) in [5.74, 6) is 2.67. The predicted molar refractivity (Wildman–Crippen MR) is 67.9 cm³/mol. The molecule has 1 aromatic heterocycles. The molecule has 2 aliphatic carbocycles. The average molecular weight is 286 g/mol. The van der Waals surface area contributed by atoms with Crippen LogP contribution in [0.5, 0.6) is 0 Å². The molecule has 0 saturated heterocycles. The fourth-order valence-corrected chi connectivity index (χ4v) is 5.00. The van der Waals surface area contributed by atoms with Crippen LogP contribution in [-0.2, 0) is 0 Å². The van der Waals surface area contributed by atoms with Crippen LogP contribution in [0.2, 0.25) is 0 Å². The maximum absolute atomic E-state index is 6.39. The number of rotatable bonds is 2. The molecule has 0 radical (unpaired) electrons. The number of hydrogen-bond donors (Lipinski definition) is 1. The van der Waals surface area contributed by atoms with Crippen LogP contribution in [-0.4, -0.2) is 0 Å². The van der Waals surface area contributed by atoms with Crippen molar-refractivity contribution < 1.29 is 0 Å². The summed E-state index contributed by atoms with van der Waals surface area (Å²) in [6.45, 7) is 0. The minimum atomic E-state index is 0.285. The summed E-state index contributed by atoms with van der Waals surface area (Å²) in [5.41, 5.74) is 6.39. The highest BCUT2D eigenvalue weighted by Gasteiger charge is 2.53. The van der Waals surface area contributed by atoms with Gasteiger partial charge in [-0.15, -0.1) is 11.3 Å². The molecule has 1 nitrogen and oxygen atoms in total. The molecule has 0 bridgehead atoms. The molecule has 0 spiro atoms. The number of hydrogen-bond acceptors (Lipinski definition) is 2. The van der Waals surface area contributed by atoms with Crippen molar-refractivity contribution in [1.29, 1.82) is 0 Å². The molecule has 0 aromatic carbocycles. The van der Waals surface area contributed by atoms with E-state index in [0.29, 0.717) is 0 Å². The maximum atomic E-state index is 6.39. The summed E-state index contributed by atoms with van der Waals surface area (Å²) >= 11 is 5.39. The Kier molecular flexibility index (Phi) is 2.65. The Morgan fingerprint density at radius 2 is 2.00 bits per heavy atom. The van der Waals surface area contributed by atoms with Crippen molar-refractivity contribution in [2.45, 2.75) is 31.7 Å². The Balaban J connectivity index is 1.76. The molecule has 1 heterocycles. The van der Waals surface area contributed by atoms with Gasteiger partial charge in [0.15, 0.2) is 0 Å². The Morgan fingerprint density at radius 1 is 1.33 bits per heavy atom. The highest BCUT2D eigenvalue weighted by Crippen LogP contribution is 2.60. The molecule has 15 heavy (non-hydrogen) atoms. The molecule has 2 N–H and O–H groups in total. The third kappa shape index (κ3) is 1.69. The first-order chi connectivity index (χ1) is 7.29. The van der Waals surface area contributed by atoms with Gasteiger partial charge in [-0.2, -0.15) is 0 Å². The molecule has 1 aromatic rings. The zero-order valence-electron chi connectivity index (χ0n) is 8.66. The van der Waals surface area contributed by atoms with Gasteiger partial charge in [-0.1, -0.05) is 12.8 Å². The van der Waals surface area contributed by atoms with Crippen LogP contribution in [0.4, 0.5) is 0 Å². The van der Waals surface area contributed by atoms with E-state index in [2.05, 4.69) is 27.4 Å². The zero-order chi connectivity index (χ0) is 10.4. The molecule has 0 amide bonds. The van der Waals surface area contributed by atoms with Crippen molar-refractivity contribution in [3.05, 3.63) is 20.8 Å². The van der Waals surface area contributed by atoms with Crippen LogP contribution in [0, 0.1) is 17.8 Å². The lowest BCUT2D eigenvalue weighted by Crippen LogP contribution is -2.13. The SMILES string of the molecule is NC(c1sccc1Br)C1C2CCCCC21. The van der Waals surface area contributed by atoms with E-state index in [9.17, 15) is 0 Å². The largest absolute Gasteiger partial charge is 0.323 e. The molecule has 3 rings (SSSR count). The van der Waals surface area contributed by atoms with E-state index in [1.807, 2.05) is 0 Å². The Bertz CT molecular complexity index is 350. The number of thiophene rings is 1. The first-order valence-electron chi connectivity index (χ1n) is 5.77. The summed E-state index contributed by atoms with van der Waals surface area (Å²) in [6.07, 6.45) is 5.70. The Labute approximate surface area is 103 Å². The van der Waals surface area contributed by atoms with Crippen molar-refractivity contribution in [3.63, 3.8) is 0 Å². The second kappa shape index (κ2) is 3.86. The summed E-state index contributed by atoms with van der Waals surface area (Å²) in [5, 5.41) is 2.13. The lowest BCUT2D eigenvalue weighted by atomic mass is 10.0. The molecule has 2 fully saturated rings. The van der Waals surface area contributed by atoms with Gasteiger partial charge in [-0.3, -0.25) is 0 Å². The molecule has 3 unspecified atom stereocenters. The first-order valence-corrected chi connectivity index (χ1v) is 7.45. The van der Waals surface area contributed by atoms with Crippen molar-refractivity contribution in [2.75, 3.05) is 0 Å². The fraction of sp³-hybridized carbons (Fsp3) is 0.667. The Hall–Kier alpha value is 0.140. The normalized spacial score (nSPS) is 36.0.